The number of fused-ring (bicyclic) bond motifs is 3. The van der Waals surface area contributed by atoms with Gasteiger partial charge in [-0.15, -0.1) is 0 Å². The highest BCUT2D eigenvalue weighted by molar-refractivity contribution is 6.30. The zero-order valence-electron chi connectivity index (χ0n) is 16.3. The summed E-state index contributed by atoms with van der Waals surface area (Å²) >= 11 is 5.93. The fourth-order valence-electron chi connectivity index (χ4n) is 3.86. The average Bonchev–Trinajstić information content (AvgIpc) is 3.07. The number of benzene rings is 3. The van der Waals surface area contributed by atoms with Crippen LogP contribution in [0.1, 0.15) is 24.0 Å². The maximum absolute atomic E-state index is 13.0. The Bertz CT molecular complexity index is 1050. The number of ether oxygens (including phenoxy) is 1. The Kier molecular flexibility index (Phi) is 5.46. The Hall–Kier alpha value is -3.31. The van der Waals surface area contributed by atoms with E-state index in [1.54, 1.807) is 24.3 Å². The summed E-state index contributed by atoms with van der Waals surface area (Å²) < 4.78 is 5.65. The highest BCUT2D eigenvalue weighted by Gasteiger charge is 2.32. The molecule has 0 heterocycles. The lowest BCUT2D eigenvalue weighted by Gasteiger charge is -2.26. The summed E-state index contributed by atoms with van der Waals surface area (Å²) in [6.45, 7) is 1.56. The molecule has 0 unspecified atom stereocenters. The third-order valence-electron chi connectivity index (χ3n) is 5.38. The minimum absolute atomic E-state index is 0.103. The smallest absolute Gasteiger partial charge is 0.415 e. The van der Waals surface area contributed by atoms with Gasteiger partial charge in [-0.2, -0.15) is 0 Å². The Morgan fingerprint density at radius 3 is 2.03 bits per heavy atom. The second-order valence-corrected chi connectivity index (χ2v) is 7.60. The van der Waals surface area contributed by atoms with E-state index in [0.29, 0.717) is 10.7 Å². The molecule has 0 spiro atoms. The third kappa shape index (κ3) is 3.64. The van der Waals surface area contributed by atoms with Crippen molar-refractivity contribution in [3.63, 3.8) is 0 Å². The lowest BCUT2D eigenvalue weighted by molar-refractivity contribution is -0.138. The number of carbonyl (C=O) groups excluding carboxylic acids is 1. The highest BCUT2D eigenvalue weighted by Crippen LogP contribution is 2.44. The average molecular weight is 422 g/mol. The Labute approximate surface area is 179 Å². The number of carbonyl (C=O) groups is 2. The zero-order chi connectivity index (χ0) is 21.3. The molecule has 152 valence electrons. The van der Waals surface area contributed by atoms with Crippen LogP contribution in [0.15, 0.2) is 72.8 Å². The molecule has 3 aromatic carbocycles. The van der Waals surface area contributed by atoms with Crippen LogP contribution in [-0.4, -0.2) is 29.8 Å². The van der Waals surface area contributed by atoms with E-state index in [1.165, 1.54) is 6.92 Å². The van der Waals surface area contributed by atoms with Crippen molar-refractivity contribution in [1.82, 2.24) is 0 Å². The standard InChI is InChI=1S/C24H20ClNO4/c1-15(23(27)28)26(17-12-10-16(25)11-13-17)24(29)30-14-22-20-8-4-2-6-18(20)19-7-3-5-9-21(19)22/h2-13,15,22H,14H2,1H3,(H,27,28)/t15-/m1/s1. The summed E-state index contributed by atoms with van der Waals surface area (Å²) in [6, 6.07) is 21.4. The molecule has 1 aliphatic rings. The fraction of sp³-hybridized carbons (Fsp3) is 0.167. The van der Waals surface area contributed by atoms with E-state index < -0.39 is 18.1 Å². The van der Waals surface area contributed by atoms with Gasteiger partial charge in [0, 0.05) is 16.6 Å². The van der Waals surface area contributed by atoms with Crippen LogP contribution in [0.25, 0.3) is 11.1 Å². The van der Waals surface area contributed by atoms with E-state index >= 15 is 0 Å². The Morgan fingerprint density at radius 2 is 1.50 bits per heavy atom. The summed E-state index contributed by atoms with van der Waals surface area (Å²) in [6.07, 6.45) is -0.714. The zero-order valence-corrected chi connectivity index (χ0v) is 17.0. The molecule has 1 amide bonds. The molecule has 4 rings (SSSR count). The Balaban J connectivity index is 1.59. The summed E-state index contributed by atoms with van der Waals surface area (Å²) in [5.41, 5.74) is 4.85. The number of halogens is 1. The number of aliphatic carboxylic acids is 1. The number of carboxylic acids is 1. The maximum Gasteiger partial charge on any atom is 0.415 e. The first-order valence-electron chi connectivity index (χ1n) is 9.60. The van der Waals surface area contributed by atoms with Gasteiger partial charge in [0.2, 0.25) is 0 Å². The minimum Gasteiger partial charge on any atom is -0.480 e. The molecule has 1 N–H and O–H groups in total. The molecule has 0 fully saturated rings. The molecule has 0 radical (unpaired) electrons. The second kappa shape index (κ2) is 8.20. The summed E-state index contributed by atoms with van der Waals surface area (Å²) in [5.74, 6) is -1.23. The lowest BCUT2D eigenvalue weighted by atomic mass is 9.98. The van der Waals surface area contributed by atoms with Gasteiger partial charge in [-0.1, -0.05) is 60.1 Å². The fourth-order valence-corrected chi connectivity index (χ4v) is 3.99. The summed E-state index contributed by atoms with van der Waals surface area (Å²) in [7, 11) is 0. The molecule has 0 bridgehead atoms. The van der Waals surface area contributed by atoms with Crippen LogP contribution >= 0.6 is 11.6 Å². The van der Waals surface area contributed by atoms with E-state index in [2.05, 4.69) is 12.1 Å². The van der Waals surface area contributed by atoms with Gasteiger partial charge in [0.15, 0.2) is 0 Å². The summed E-state index contributed by atoms with van der Waals surface area (Å²) in [5, 5.41) is 9.98. The number of hydrogen-bond acceptors (Lipinski definition) is 3. The van der Waals surface area contributed by atoms with Gasteiger partial charge in [-0.05, 0) is 53.4 Å². The first-order chi connectivity index (χ1) is 14.5. The predicted octanol–water partition coefficient (Wildman–Crippen LogP) is 5.57. The van der Waals surface area contributed by atoms with E-state index in [4.69, 9.17) is 16.3 Å². The van der Waals surface area contributed by atoms with Crippen molar-refractivity contribution in [1.29, 1.82) is 0 Å². The number of rotatable bonds is 5. The molecule has 0 aliphatic heterocycles. The first-order valence-corrected chi connectivity index (χ1v) is 9.97. The van der Waals surface area contributed by atoms with Crippen LogP contribution in [0, 0.1) is 0 Å². The minimum atomic E-state index is -1.13. The number of anilines is 1. The lowest BCUT2D eigenvalue weighted by Crippen LogP contribution is -2.44. The SMILES string of the molecule is C[C@H](C(=O)O)N(C(=O)OCC1c2ccccc2-c2ccccc21)c1ccc(Cl)cc1. The van der Waals surface area contributed by atoms with Gasteiger partial charge in [0.1, 0.15) is 12.6 Å². The van der Waals surface area contributed by atoms with Crippen molar-refractivity contribution >= 4 is 29.4 Å². The molecule has 3 aromatic rings. The number of carboxylic acid groups (broad SMARTS) is 1. The van der Waals surface area contributed by atoms with Crippen LogP contribution in [-0.2, 0) is 9.53 Å². The van der Waals surface area contributed by atoms with Crippen LogP contribution in [0.5, 0.6) is 0 Å². The molecule has 0 saturated carbocycles. The molecule has 1 aliphatic carbocycles. The quantitative estimate of drug-likeness (QED) is 0.585. The third-order valence-corrected chi connectivity index (χ3v) is 5.63. The topological polar surface area (TPSA) is 66.8 Å². The second-order valence-electron chi connectivity index (χ2n) is 7.16. The monoisotopic (exact) mass is 421 g/mol. The van der Waals surface area contributed by atoms with Gasteiger partial charge >= 0.3 is 12.1 Å². The van der Waals surface area contributed by atoms with Crippen molar-refractivity contribution in [2.24, 2.45) is 0 Å². The normalized spacial score (nSPS) is 13.3. The molecule has 0 aromatic heterocycles. The van der Waals surface area contributed by atoms with Crippen LogP contribution in [0.3, 0.4) is 0 Å². The van der Waals surface area contributed by atoms with Crippen LogP contribution < -0.4 is 4.90 Å². The number of amides is 1. The Morgan fingerprint density at radius 1 is 0.967 bits per heavy atom. The van der Waals surface area contributed by atoms with Crippen LogP contribution in [0.2, 0.25) is 5.02 Å². The van der Waals surface area contributed by atoms with E-state index in [0.717, 1.165) is 27.2 Å². The highest BCUT2D eigenvalue weighted by atomic mass is 35.5. The van der Waals surface area contributed by atoms with E-state index in [9.17, 15) is 14.7 Å². The molecule has 6 heteroatoms. The van der Waals surface area contributed by atoms with Crippen molar-refractivity contribution < 1.29 is 19.4 Å². The number of hydrogen-bond donors (Lipinski definition) is 1. The van der Waals surface area contributed by atoms with Gasteiger partial charge in [0.25, 0.3) is 0 Å². The summed E-state index contributed by atoms with van der Waals surface area (Å²) in [4.78, 5) is 25.7. The van der Waals surface area contributed by atoms with Gasteiger partial charge < -0.3 is 9.84 Å². The van der Waals surface area contributed by atoms with Gasteiger partial charge in [-0.25, -0.2) is 9.59 Å². The maximum atomic E-state index is 13.0. The van der Waals surface area contributed by atoms with Crippen LogP contribution in [0.4, 0.5) is 10.5 Å². The van der Waals surface area contributed by atoms with Crippen molar-refractivity contribution in [3.8, 4) is 11.1 Å². The van der Waals surface area contributed by atoms with Gasteiger partial charge in [0.05, 0.1) is 0 Å². The molecule has 30 heavy (non-hydrogen) atoms. The largest absolute Gasteiger partial charge is 0.480 e. The van der Waals surface area contributed by atoms with Gasteiger partial charge in [-0.3, -0.25) is 4.90 Å². The first kappa shape index (κ1) is 20.0. The molecule has 0 saturated heterocycles. The molecular weight excluding hydrogens is 402 g/mol. The van der Waals surface area contributed by atoms with Crippen molar-refractivity contribution in [2.75, 3.05) is 11.5 Å². The predicted molar refractivity (Wildman–Crippen MR) is 116 cm³/mol. The van der Waals surface area contributed by atoms with E-state index in [-0.39, 0.29) is 12.5 Å². The molecular formula is C24H20ClNO4. The molecule has 5 nitrogen and oxygen atoms in total. The van der Waals surface area contributed by atoms with E-state index in [1.807, 2.05) is 36.4 Å². The van der Waals surface area contributed by atoms with Crippen molar-refractivity contribution in [3.05, 3.63) is 88.9 Å². The number of nitrogens with zero attached hydrogens (tertiary/aromatic N) is 1. The molecule has 1 atom stereocenters. The van der Waals surface area contributed by atoms with Crippen molar-refractivity contribution in [2.45, 2.75) is 18.9 Å².